The molecule has 0 aromatic heterocycles. The molecule has 1 aromatic rings. The lowest BCUT2D eigenvalue weighted by molar-refractivity contribution is -0.530. The summed E-state index contributed by atoms with van der Waals surface area (Å²) in [6, 6.07) is 5.30. The molecule has 0 bridgehead atoms. The van der Waals surface area contributed by atoms with Gasteiger partial charge in [-0.2, -0.15) is 0 Å². The minimum Gasteiger partial charge on any atom is -0.623 e. The Morgan fingerprint density at radius 1 is 1.41 bits per heavy atom. The van der Waals surface area contributed by atoms with Crippen LogP contribution in [0.15, 0.2) is 18.2 Å². The number of rotatable bonds is 2. The highest BCUT2D eigenvalue weighted by Gasteiger charge is 2.18. The van der Waals surface area contributed by atoms with Crippen molar-refractivity contribution in [2.45, 2.75) is 26.3 Å². The number of benzene rings is 1. The highest BCUT2D eigenvalue weighted by molar-refractivity contribution is 5.81. The molecule has 3 heteroatoms. The molecular formula is C14H17NO2. The van der Waals surface area contributed by atoms with Crippen LogP contribution >= 0.6 is 0 Å². The van der Waals surface area contributed by atoms with E-state index in [2.05, 4.69) is 5.92 Å². The van der Waals surface area contributed by atoms with Crippen molar-refractivity contribution in [3.8, 4) is 18.1 Å². The second-order valence-electron chi connectivity index (χ2n) is 4.72. The number of ether oxygens (including phenoxy) is 1. The summed E-state index contributed by atoms with van der Waals surface area (Å²) in [5.74, 6) is 3.23. The van der Waals surface area contributed by atoms with E-state index in [1.54, 1.807) is 25.3 Å². The van der Waals surface area contributed by atoms with Gasteiger partial charge in [0.25, 0.3) is 0 Å². The third-order valence-electron chi connectivity index (χ3n) is 2.33. The summed E-state index contributed by atoms with van der Waals surface area (Å²) in [6.45, 7) is 5.52. The first-order valence-electron chi connectivity index (χ1n) is 5.34. The van der Waals surface area contributed by atoms with Gasteiger partial charge in [-0.3, -0.25) is 0 Å². The Kier molecular flexibility index (Phi) is 3.80. The van der Waals surface area contributed by atoms with Crippen LogP contribution < -0.4 is 4.74 Å². The zero-order chi connectivity index (χ0) is 13.1. The van der Waals surface area contributed by atoms with Crippen LogP contribution in [0.4, 0.5) is 0 Å². The molecule has 0 N–H and O–H groups in total. The van der Waals surface area contributed by atoms with E-state index in [0.717, 1.165) is 4.74 Å². The molecule has 0 spiro atoms. The standard InChI is InChI=1S/C14H17NO2/c1-6-11-7-8-13(17-5)9-12(11)10-15(16)14(2,3)4/h1,7-10H,2-5H3/b15-10-. The van der Waals surface area contributed by atoms with E-state index in [9.17, 15) is 5.21 Å². The molecule has 1 aromatic carbocycles. The third-order valence-corrected chi connectivity index (χ3v) is 2.33. The predicted octanol–water partition coefficient (Wildman–Crippen LogP) is 2.40. The summed E-state index contributed by atoms with van der Waals surface area (Å²) in [7, 11) is 1.58. The van der Waals surface area contributed by atoms with Gasteiger partial charge in [0, 0.05) is 26.3 Å². The van der Waals surface area contributed by atoms with Crippen LogP contribution in [0.3, 0.4) is 0 Å². The fourth-order valence-electron chi connectivity index (χ4n) is 1.23. The van der Waals surface area contributed by atoms with E-state index in [0.29, 0.717) is 16.9 Å². The molecule has 0 saturated carbocycles. The van der Waals surface area contributed by atoms with Gasteiger partial charge in [0.2, 0.25) is 0 Å². The Labute approximate surface area is 102 Å². The molecule has 0 fully saturated rings. The van der Waals surface area contributed by atoms with E-state index in [4.69, 9.17) is 11.2 Å². The number of hydrogen-bond acceptors (Lipinski definition) is 2. The van der Waals surface area contributed by atoms with Gasteiger partial charge < -0.3 is 9.94 Å². The molecular weight excluding hydrogens is 214 g/mol. The molecule has 0 unspecified atom stereocenters. The van der Waals surface area contributed by atoms with Crippen molar-refractivity contribution in [1.29, 1.82) is 0 Å². The van der Waals surface area contributed by atoms with Crippen molar-refractivity contribution in [2.24, 2.45) is 0 Å². The molecule has 0 radical (unpaired) electrons. The largest absolute Gasteiger partial charge is 0.623 e. The van der Waals surface area contributed by atoms with Crippen molar-refractivity contribution >= 4 is 6.21 Å². The number of methoxy groups -OCH3 is 1. The highest BCUT2D eigenvalue weighted by Crippen LogP contribution is 2.16. The van der Waals surface area contributed by atoms with Crippen molar-refractivity contribution in [2.75, 3.05) is 7.11 Å². The molecule has 3 nitrogen and oxygen atoms in total. The van der Waals surface area contributed by atoms with Crippen LogP contribution in [0, 0.1) is 17.6 Å². The molecule has 0 aliphatic carbocycles. The lowest BCUT2D eigenvalue weighted by Gasteiger charge is -2.18. The second kappa shape index (κ2) is 4.92. The van der Waals surface area contributed by atoms with Gasteiger partial charge in [-0.1, -0.05) is 5.92 Å². The van der Waals surface area contributed by atoms with Crippen LogP contribution in [-0.2, 0) is 0 Å². The SMILES string of the molecule is C#Cc1ccc(OC)cc1/C=[N+](\[O-])C(C)(C)C. The highest BCUT2D eigenvalue weighted by atomic mass is 16.5. The Bertz CT molecular complexity index is 476. The fraction of sp³-hybridized carbons (Fsp3) is 0.357. The normalized spacial score (nSPS) is 12.1. The maximum absolute atomic E-state index is 11.9. The molecule has 0 atom stereocenters. The van der Waals surface area contributed by atoms with Crippen LogP contribution in [0.2, 0.25) is 0 Å². The quantitative estimate of drug-likeness (QED) is 0.257. The number of terminal acetylenes is 1. The first-order valence-corrected chi connectivity index (χ1v) is 5.34. The Morgan fingerprint density at radius 2 is 2.06 bits per heavy atom. The molecule has 0 heterocycles. The van der Waals surface area contributed by atoms with E-state index in [1.807, 2.05) is 20.8 Å². The van der Waals surface area contributed by atoms with Gasteiger partial charge in [0.05, 0.1) is 12.7 Å². The summed E-state index contributed by atoms with van der Waals surface area (Å²) in [5.41, 5.74) is 0.877. The first kappa shape index (κ1) is 13.1. The predicted molar refractivity (Wildman–Crippen MR) is 69.5 cm³/mol. The zero-order valence-electron chi connectivity index (χ0n) is 10.7. The van der Waals surface area contributed by atoms with Gasteiger partial charge >= 0.3 is 0 Å². The summed E-state index contributed by atoms with van der Waals surface area (Å²) in [5, 5.41) is 11.9. The van der Waals surface area contributed by atoms with Gasteiger partial charge in [-0.25, -0.2) is 4.74 Å². The number of nitrogens with zero attached hydrogens (tertiary/aromatic N) is 1. The summed E-state index contributed by atoms with van der Waals surface area (Å²) in [4.78, 5) is 0. The lowest BCUT2D eigenvalue weighted by atomic mass is 10.1. The molecule has 17 heavy (non-hydrogen) atoms. The summed E-state index contributed by atoms with van der Waals surface area (Å²) in [6.07, 6.45) is 6.89. The first-order chi connectivity index (χ1) is 7.88. The van der Waals surface area contributed by atoms with E-state index in [1.165, 1.54) is 6.21 Å². The van der Waals surface area contributed by atoms with Gasteiger partial charge in [-0.15, -0.1) is 6.42 Å². The molecule has 0 saturated heterocycles. The summed E-state index contributed by atoms with van der Waals surface area (Å²) >= 11 is 0. The topological polar surface area (TPSA) is 35.3 Å². The molecule has 0 aliphatic heterocycles. The van der Waals surface area contributed by atoms with Gasteiger partial charge in [-0.05, 0) is 18.2 Å². The average Bonchev–Trinajstić information content (AvgIpc) is 2.27. The lowest BCUT2D eigenvalue weighted by Crippen LogP contribution is -2.29. The smallest absolute Gasteiger partial charge is 0.183 e. The fourth-order valence-corrected chi connectivity index (χ4v) is 1.23. The van der Waals surface area contributed by atoms with Crippen molar-refractivity contribution in [3.05, 3.63) is 34.5 Å². The minimum atomic E-state index is -0.491. The maximum atomic E-state index is 11.9. The zero-order valence-corrected chi connectivity index (χ0v) is 10.7. The molecule has 0 amide bonds. The van der Waals surface area contributed by atoms with Crippen LogP contribution in [-0.4, -0.2) is 23.6 Å². The van der Waals surface area contributed by atoms with Crippen LogP contribution in [0.5, 0.6) is 5.75 Å². The average molecular weight is 231 g/mol. The Balaban J connectivity index is 3.26. The minimum absolute atomic E-state index is 0.491. The van der Waals surface area contributed by atoms with E-state index < -0.39 is 5.54 Å². The van der Waals surface area contributed by atoms with Crippen LogP contribution in [0.25, 0.3) is 0 Å². The third kappa shape index (κ3) is 3.25. The number of hydrogen-bond donors (Lipinski definition) is 0. The van der Waals surface area contributed by atoms with Crippen LogP contribution in [0.1, 0.15) is 31.9 Å². The van der Waals surface area contributed by atoms with E-state index >= 15 is 0 Å². The van der Waals surface area contributed by atoms with E-state index in [-0.39, 0.29) is 0 Å². The van der Waals surface area contributed by atoms with Crippen molar-refractivity contribution in [1.82, 2.24) is 0 Å². The Morgan fingerprint density at radius 3 is 2.53 bits per heavy atom. The molecule has 0 aliphatic rings. The van der Waals surface area contributed by atoms with Gasteiger partial charge in [0.1, 0.15) is 5.75 Å². The summed E-state index contributed by atoms with van der Waals surface area (Å²) < 4.78 is 6.00. The second-order valence-corrected chi connectivity index (χ2v) is 4.72. The van der Waals surface area contributed by atoms with Gasteiger partial charge in [0.15, 0.2) is 11.8 Å². The Hall–Kier alpha value is -1.95. The van der Waals surface area contributed by atoms with Crippen molar-refractivity contribution < 1.29 is 9.48 Å². The molecule has 1 rings (SSSR count). The molecule has 90 valence electrons. The van der Waals surface area contributed by atoms with Crippen molar-refractivity contribution in [3.63, 3.8) is 0 Å². The maximum Gasteiger partial charge on any atom is 0.183 e. The number of hydroxylamine groups is 1. The monoisotopic (exact) mass is 231 g/mol.